The summed E-state index contributed by atoms with van der Waals surface area (Å²) in [7, 11) is 3.69. The molecule has 2 N–H and O–H groups in total. The lowest BCUT2D eigenvalue weighted by Gasteiger charge is -2.36. The number of anilines is 1. The van der Waals surface area contributed by atoms with Crippen molar-refractivity contribution in [2.45, 2.75) is 24.8 Å². The monoisotopic (exact) mass is 429 g/mol. The molecule has 1 saturated heterocycles. The van der Waals surface area contributed by atoms with Crippen LogP contribution in [0.15, 0.2) is 48.5 Å². The highest BCUT2D eigenvalue weighted by Crippen LogP contribution is 2.39. The zero-order valence-corrected chi connectivity index (χ0v) is 18.2. The van der Waals surface area contributed by atoms with Crippen molar-refractivity contribution in [2.24, 2.45) is 0 Å². The van der Waals surface area contributed by atoms with Crippen LogP contribution >= 0.6 is 11.6 Å². The van der Waals surface area contributed by atoms with Gasteiger partial charge in [-0.05, 0) is 56.3 Å². The first-order valence-corrected chi connectivity index (χ1v) is 10.4. The van der Waals surface area contributed by atoms with Crippen molar-refractivity contribution in [3.63, 3.8) is 0 Å². The number of carbonyl (C=O) groups excluding carboxylic acids is 2. The smallest absolute Gasteiger partial charge is 0.238 e. The Morgan fingerprint density at radius 3 is 2.53 bits per heavy atom. The number of hydrogen-bond donors (Lipinski definition) is 2. The lowest BCUT2D eigenvalue weighted by molar-refractivity contribution is -0.130. The second-order valence-corrected chi connectivity index (χ2v) is 8.25. The van der Waals surface area contributed by atoms with Crippen LogP contribution in [0.1, 0.15) is 24.0 Å². The number of rotatable bonds is 7. The Bertz CT molecular complexity index is 895. The lowest BCUT2D eigenvalue weighted by Crippen LogP contribution is -2.48. The van der Waals surface area contributed by atoms with Crippen molar-refractivity contribution < 1.29 is 14.3 Å². The van der Waals surface area contributed by atoms with Crippen LogP contribution in [0.2, 0.25) is 5.02 Å². The van der Waals surface area contributed by atoms with E-state index in [9.17, 15) is 9.59 Å². The summed E-state index contributed by atoms with van der Waals surface area (Å²) in [4.78, 5) is 27.1. The molecule has 0 aliphatic carbocycles. The molecule has 0 atom stereocenters. The maximum absolute atomic E-state index is 13.3. The fourth-order valence-corrected chi connectivity index (χ4v) is 4.10. The summed E-state index contributed by atoms with van der Waals surface area (Å²) in [6.45, 7) is 1.71. The highest BCUT2D eigenvalue weighted by atomic mass is 35.5. The molecule has 0 bridgehead atoms. The number of halogens is 1. The van der Waals surface area contributed by atoms with Crippen LogP contribution < -0.4 is 10.6 Å². The molecule has 0 spiro atoms. The highest BCUT2D eigenvalue weighted by Gasteiger charge is 2.42. The summed E-state index contributed by atoms with van der Waals surface area (Å²) in [5.41, 5.74) is 1.76. The molecule has 0 radical (unpaired) electrons. The number of nitrogens with one attached hydrogen (secondary N) is 2. The Balaban J connectivity index is 1.71. The second kappa shape index (κ2) is 10.1. The SMILES string of the molecule is CN(C)CC(=O)Nc1cccc(CNC(=O)C2(c3ccccc3Cl)CCOCC2)c1. The molecule has 0 unspecified atom stereocenters. The van der Waals surface area contributed by atoms with E-state index in [0.29, 0.717) is 49.9 Å². The molecule has 1 aliphatic rings. The first-order valence-electron chi connectivity index (χ1n) is 10.1. The molecular weight excluding hydrogens is 402 g/mol. The quantitative estimate of drug-likeness (QED) is 0.709. The van der Waals surface area contributed by atoms with Gasteiger partial charge in [0.15, 0.2) is 0 Å². The maximum Gasteiger partial charge on any atom is 0.238 e. The fourth-order valence-electron chi connectivity index (χ4n) is 3.79. The van der Waals surface area contributed by atoms with E-state index in [1.807, 2.05) is 62.6 Å². The molecule has 0 saturated carbocycles. The van der Waals surface area contributed by atoms with Crippen LogP contribution in [0.4, 0.5) is 5.69 Å². The van der Waals surface area contributed by atoms with Gasteiger partial charge in [-0.2, -0.15) is 0 Å². The fraction of sp³-hybridized carbons (Fsp3) is 0.391. The number of hydrogen-bond acceptors (Lipinski definition) is 4. The average Bonchev–Trinajstić information content (AvgIpc) is 2.72. The molecule has 30 heavy (non-hydrogen) atoms. The third-order valence-corrected chi connectivity index (χ3v) is 5.62. The summed E-state index contributed by atoms with van der Waals surface area (Å²) in [5.74, 6) is -0.137. The first-order chi connectivity index (χ1) is 14.4. The molecule has 2 amide bonds. The molecule has 7 heteroatoms. The van der Waals surface area contributed by atoms with Crippen molar-refractivity contribution in [2.75, 3.05) is 39.2 Å². The Morgan fingerprint density at radius 2 is 1.83 bits per heavy atom. The minimum Gasteiger partial charge on any atom is -0.381 e. The topological polar surface area (TPSA) is 70.7 Å². The van der Waals surface area contributed by atoms with Crippen molar-refractivity contribution in [3.05, 3.63) is 64.7 Å². The van der Waals surface area contributed by atoms with Crippen LogP contribution in [-0.2, 0) is 26.3 Å². The first kappa shape index (κ1) is 22.3. The van der Waals surface area contributed by atoms with Crippen molar-refractivity contribution in [1.82, 2.24) is 10.2 Å². The van der Waals surface area contributed by atoms with Gasteiger partial charge in [-0.1, -0.05) is 41.9 Å². The van der Waals surface area contributed by atoms with Gasteiger partial charge in [-0.3, -0.25) is 9.59 Å². The Labute approximate surface area is 182 Å². The summed E-state index contributed by atoms with van der Waals surface area (Å²) < 4.78 is 5.51. The van der Waals surface area contributed by atoms with Gasteiger partial charge in [-0.25, -0.2) is 0 Å². The van der Waals surface area contributed by atoms with E-state index in [1.165, 1.54) is 0 Å². The summed E-state index contributed by atoms with van der Waals surface area (Å²) >= 11 is 6.45. The van der Waals surface area contributed by atoms with E-state index >= 15 is 0 Å². The molecule has 1 heterocycles. The largest absolute Gasteiger partial charge is 0.381 e. The standard InChI is InChI=1S/C23H28ClN3O3/c1-27(2)16-21(28)26-18-7-5-6-17(14-18)15-25-22(29)23(10-12-30-13-11-23)19-8-3-4-9-20(19)24/h3-9,14H,10-13,15-16H2,1-2H3,(H,25,29)(H,26,28). The van der Waals surface area contributed by atoms with Gasteiger partial charge in [0, 0.05) is 30.5 Å². The molecule has 2 aromatic rings. The molecule has 3 rings (SSSR count). The molecule has 6 nitrogen and oxygen atoms in total. The zero-order chi connectivity index (χ0) is 21.6. The van der Waals surface area contributed by atoms with Gasteiger partial charge >= 0.3 is 0 Å². The van der Waals surface area contributed by atoms with E-state index in [1.54, 1.807) is 4.90 Å². The molecular formula is C23H28ClN3O3. The van der Waals surface area contributed by atoms with Gasteiger partial charge in [-0.15, -0.1) is 0 Å². The van der Waals surface area contributed by atoms with Crippen LogP contribution in [-0.4, -0.2) is 50.6 Å². The third kappa shape index (κ3) is 5.39. The predicted octanol–water partition coefficient (Wildman–Crippen LogP) is 3.20. The van der Waals surface area contributed by atoms with Crippen molar-refractivity contribution in [3.8, 4) is 0 Å². The minimum absolute atomic E-state index is 0.0547. The Kier molecular flexibility index (Phi) is 7.48. The number of likely N-dealkylation sites (N-methyl/N-ethyl adjacent to an activating group) is 1. The van der Waals surface area contributed by atoms with Gasteiger partial charge < -0.3 is 20.3 Å². The minimum atomic E-state index is -0.700. The van der Waals surface area contributed by atoms with E-state index < -0.39 is 5.41 Å². The number of benzene rings is 2. The second-order valence-electron chi connectivity index (χ2n) is 7.84. The molecule has 1 fully saturated rings. The van der Waals surface area contributed by atoms with Crippen molar-refractivity contribution in [1.29, 1.82) is 0 Å². The molecule has 160 valence electrons. The van der Waals surface area contributed by atoms with Gasteiger partial charge in [0.2, 0.25) is 11.8 Å². The zero-order valence-electron chi connectivity index (χ0n) is 17.4. The van der Waals surface area contributed by atoms with E-state index in [4.69, 9.17) is 16.3 Å². The van der Waals surface area contributed by atoms with E-state index in [2.05, 4.69) is 10.6 Å². The average molecular weight is 430 g/mol. The van der Waals surface area contributed by atoms with E-state index in [0.717, 1.165) is 11.1 Å². The van der Waals surface area contributed by atoms with E-state index in [-0.39, 0.29) is 11.8 Å². The Hall–Kier alpha value is -2.41. The van der Waals surface area contributed by atoms with Gasteiger partial charge in [0.25, 0.3) is 0 Å². The lowest BCUT2D eigenvalue weighted by atomic mass is 9.73. The van der Waals surface area contributed by atoms with Gasteiger partial charge in [0.1, 0.15) is 0 Å². The summed E-state index contributed by atoms with van der Waals surface area (Å²) in [5, 5.41) is 6.55. The molecule has 1 aliphatic heterocycles. The van der Waals surface area contributed by atoms with Crippen LogP contribution in [0.25, 0.3) is 0 Å². The highest BCUT2D eigenvalue weighted by molar-refractivity contribution is 6.31. The molecule has 0 aromatic heterocycles. The predicted molar refractivity (Wildman–Crippen MR) is 119 cm³/mol. The Morgan fingerprint density at radius 1 is 1.10 bits per heavy atom. The molecule has 2 aromatic carbocycles. The van der Waals surface area contributed by atoms with Crippen molar-refractivity contribution >= 4 is 29.1 Å². The third-order valence-electron chi connectivity index (χ3n) is 5.29. The summed E-state index contributed by atoms with van der Waals surface area (Å²) in [6, 6.07) is 15.0. The number of ether oxygens (including phenoxy) is 1. The number of nitrogens with zero attached hydrogens (tertiary/aromatic N) is 1. The van der Waals surface area contributed by atoms with Crippen LogP contribution in [0, 0.1) is 0 Å². The maximum atomic E-state index is 13.3. The normalized spacial score (nSPS) is 15.6. The van der Waals surface area contributed by atoms with Crippen LogP contribution in [0.3, 0.4) is 0 Å². The van der Waals surface area contributed by atoms with Gasteiger partial charge in [0.05, 0.1) is 12.0 Å². The number of carbonyl (C=O) groups is 2. The summed E-state index contributed by atoms with van der Waals surface area (Å²) in [6.07, 6.45) is 1.17. The van der Waals surface area contributed by atoms with Crippen LogP contribution in [0.5, 0.6) is 0 Å². The number of amides is 2.